The van der Waals surface area contributed by atoms with Gasteiger partial charge >= 0.3 is 0 Å². The van der Waals surface area contributed by atoms with Gasteiger partial charge < -0.3 is 10.0 Å². The highest BCUT2D eigenvalue weighted by Crippen LogP contribution is 2.25. The number of nitrogens with zero attached hydrogens (tertiary/aromatic N) is 2. The van der Waals surface area contributed by atoms with Crippen LogP contribution in [0.25, 0.3) is 0 Å². The van der Waals surface area contributed by atoms with E-state index < -0.39 is 0 Å². The first-order valence-corrected chi connectivity index (χ1v) is 5.05. The van der Waals surface area contributed by atoms with Crippen LogP contribution in [-0.4, -0.2) is 35.6 Å². The lowest BCUT2D eigenvalue weighted by molar-refractivity contribution is 0.107. The number of pyridine rings is 1. The van der Waals surface area contributed by atoms with Crippen LogP contribution in [0.5, 0.6) is 0 Å². The summed E-state index contributed by atoms with van der Waals surface area (Å²) in [6.45, 7) is 3.54. The number of aromatic nitrogens is 1. The van der Waals surface area contributed by atoms with E-state index in [1.807, 2.05) is 13.0 Å². The topological polar surface area (TPSA) is 53.4 Å². The Hall–Kier alpha value is -1.42. The van der Waals surface area contributed by atoms with E-state index in [-0.39, 0.29) is 6.10 Å². The molecule has 1 N–H and O–H groups in total. The third-order valence-corrected chi connectivity index (χ3v) is 2.85. The number of anilines is 1. The van der Waals surface area contributed by atoms with Crippen LogP contribution in [0, 0.1) is 5.92 Å². The van der Waals surface area contributed by atoms with Gasteiger partial charge in [-0.15, -0.1) is 0 Å². The minimum Gasteiger partial charge on any atom is -0.393 e. The highest BCUT2D eigenvalue weighted by molar-refractivity contribution is 5.72. The molecule has 1 saturated heterocycles. The number of carbonyl (C=O) groups is 1. The largest absolute Gasteiger partial charge is 0.393 e. The number of hydrogen-bond donors (Lipinski definition) is 1. The average molecular weight is 206 g/mol. The molecular formula is C11H14N2O2. The van der Waals surface area contributed by atoms with Gasteiger partial charge in [0.2, 0.25) is 0 Å². The Balaban J connectivity index is 1.98. The summed E-state index contributed by atoms with van der Waals surface area (Å²) in [6, 6.07) is 3.59. The van der Waals surface area contributed by atoms with E-state index >= 15 is 0 Å². The fourth-order valence-corrected chi connectivity index (χ4v) is 1.68. The fraction of sp³-hybridized carbons (Fsp3) is 0.455. The molecular weight excluding hydrogens is 192 g/mol. The quantitative estimate of drug-likeness (QED) is 0.740. The molecule has 4 nitrogen and oxygen atoms in total. The van der Waals surface area contributed by atoms with Crippen molar-refractivity contribution < 1.29 is 9.90 Å². The maximum absolute atomic E-state index is 10.4. The van der Waals surface area contributed by atoms with Gasteiger partial charge in [-0.3, -0.25) is 9.78 Å². The molecule has 0 saturated carbocycles. The van der Waals surface area contributed by atoms with Crippen LogP contribution < -0.4 is 4.90 Å². The third kappa shape index (κ3) is 1.99. The Bertz CT molecular complexity index is 342. The van der Waals surface area contributed by atoms with E-state index in [4.69, 9.17) is 0 Å². The Morgan fingerprint density at radius 1 is 1.60 bits per heavy atom. The summed E-state index contributed by atoms with van der Waals surface area (Å²) in [4.78, 5) is 16.5. The van der Waals surface area contributed by atoms with Crippen LogP contribution in [0.3, 0.4) is 0 Å². The summed E-state index contributed by atoms with van der Waals surface area (Å²) in [5.74, 6) is 0.357. The first kappa shape index (κ1) is 10.1. The summed E-state index contributed by atoms with van der Waals surface area (Å²) >= 11 is 0. The van der Waals surface area contributed by atoms with Gasteiger partial charge in [-0.05, 0) is 19.1 Å². The second-order valence-corrected chi connectivity index (χ2v) is 3.96. The van der Waals surface area contributed by atoms with Crippen LogP contribution in [0.15, 0.2) is 18.3 Å². The van der Waals surface area contributed by atoms with Crippen LogP contribution in [-0.2, 0) is 0 Å². The molecule has 0 spiro atoms. The van der Waals surface area contributed by atoms with Crippen LogP contribution in [0.1, 0.15) is 17.4 Å². The molecule has 0 amide bonds. The predicted molar refractivity (Wildman–Crippen MR) is 57.0 cm³/mol. The van der Waals surface area contributed by atoms with Crippen molar-refractivity contribution in [2.24, 2.45) is 5.92 Å². The molecule has 1 atom stereocenters. The summed E-state index contributed by atoms with van der Waals surface area (Å²) in [5.41, 5.74) is 1.46. The number of aldehydes is 1. The van der Waals surface area contributed by atoms with Gasteiger partial charge in [0.1, 0.15) is 5.69 Å². The van der Waals surface area contributed by atoms with E-state index in [0.29, 0.717) is 11.6 Å². The van der Waals surface area contributed by atoms with Crippen LogP contribution in [0.2, 0.25) is 0 Å². The van der Waals surface area contributed by atoms with Gasteiger partial charge in [0.25, 0.3) is 0 Å². The summed E-state index contributed by atoms with van der Waals surface area (Å²) in [6.07, 6.45) is 2.18. The number of aliphatic hydroxyl groups is 1. The van der Waals surface area contributed by atoms with Crippen molar-refractivity contribution in [3.8, 4) is 0 Å². The lowest BCUT2D eigenvalue weighted by atomic mass is 9.94. The standard InChI is InChI=1S/C11H14N2O2/c1-8(15)9-5-13(6-9)11-3-2-10(7-14)12-4-11/h2-4,7-9,15H,5-6H2,1H3/t8-/m1/s1. The molecule has 1 fully saturated rings. The SMILES string of the molecule is C[C@@H](O)C1CN(c2ccc(C=O)nc2)C1. The maximum atomic E-state index is 10.4. The molecule has 0 aliphatic carbocycles. The Labute approximate surface area is 88.6 Å². The van der Waals surface area contributed by atoms with Crippen molar-refractivity contribution in [1.29, 1.82) is 0 Å². The van der Waals surface area contributed by atoms with Gasteiger partial charge in [0, 0.05) is 19.0 Å². The molecule has 0 radical (unpaired) electrons. The van der Waals surface area contributed by atoms with E-state index in [1.165, 1.54) is 0 Å². The van der Waals surface area contributed by atoms with Crippen LogP contribution in [0.4, 0.5) is 5.69 Å². The van der Waals surface area contributed by atoms with Gasteiger partial charge in [0.05, 0.1) is 18.0 Å². The second kappa shape index (κ2) is 3.98. The van der Waals surface area contributed by atoms with Gasteiger partial charge in [-0.25, -0.2) is 0 Å². The lowest BCUT2D eigenvalue weighted by Gasteiger charge is -2.42. The van der Waals surface area contributed by atoms with Gasteiger partial charge in [0.15, 0.2) is 6.29 Å². The predicted octanol–water partition coefficient (Wildman–Crippen LogP) is 0.711. The summed E-state index contributed by atoms with van der Waals surface area (Å²) in [5, 5.41) is 9.33. The normalized spacial score (nSPS) is 18.4. The zero-order chi connectivity index (χ0) is 10.8. The number of rotatable bonds is 3. The molecule has 2 rings (SSSR count). The van der Waals surface area contributed by atoms with Crippen molar-refractivity contribution in [2.45, 2.75) is 13.0 Å². The van der Waals surface area contributed by atoms with Gasteiger partial charge in [-0.2, -0.15) is 0 Å². The summed E-state index contributed by atoms with van der Waals surface area (Å²) in [7, 11) is 0. The number of hydrogen-bond acceptors (Lipinski definition) is 4. The molecule has 2 heterocycles. The Morgan fingerprint density at radius 3 is 2.80 bits per heavy atom. The van der Waals surface area contributed by atoms with Crippen molar-refractivity contribution in [3.05, 3.63) is 24.0 Å². The van der Waals surface area contributed by atoms with Gasteiger partial charge in [-0.1, -0.05) is 0 Å². The minimum atomic E-state index is -0.247. The highest BCUT2D eigenvalue weighted by Gasteiger charge is 2.30. The monoisotopic (exact) mass is 206 g/mol. The fourth-order valence-electron chi connectivity index (χ4n) is 1.68. The van der Waals surface area contributed by atoms with E-state index in [0.717, 1.165) is 25.1 Å². The van der Waals surface area contributed by atoms with Crippen molar-refractivity contribution in [1.82, 2.24) is 4.98 Å². The molecule has 1 aromatic heterocycles. The molecule has 1 aliphatic heterocycles. The average Bonchev–Trinajstić information content (AvgIpc) is 2.16. The molecule has 1 aromatic rings. The van der Waals surface area contributed by atoms with E-state index in [9.17, 15) is 9.90 Å². The number of aliphatic hydroxyl groups excluding tert-OH is 1. The Morgan fingerprint density at radius 2 is 2.33 bits per heavy atom. The highest BCUT2D eigenvalue weighted by atomic mass is 16.3. The Kier molecular flexibility index (Phi) is 2.68. The van der Waals surface area contributed by atoms with Crippen LogP contribution >= 0.6 is 0 Å². The molecule has 80 valence electrons. The molecule has 0 bridgehead atoms. The minimum absolute atomic E-state index is 0.247. The summed E-state index contributed by atoms with van der Waals surface area (Å²) < 4.78 is 0. The second-order valence-electron chi connectivity index (χ2n) is 3.96. The molecule has 4 heteroatoms. The first-order chi connectivity index (χ1) is 7.20. The first-order valence-electron chi connectivity index (χ1n) is 5.05. The molecule has 0 aromatic carbocycles. The molecule has 0 unspecified atom stereocenters. The van der Waals surface area contributed by atoms with Crippen molar-refractivity contribution >= 4 is 12.0 Å². The maximum Gasteiger partial charge on any atom is 0.168 e. The zero-order valence-electron chi connectivity index (χ0n) is 8.63. The number of carbonyl (C=O) groups excluding carboxylic acids is 1. The van der Waals surface area contributed by atoms with E-state index in [2.05, 4.69) is 9.88 Å². The van der Waals surface area contributed by atoms with Crippen molar-refractivity contribution in [2.75, 3.05) is 18.0 Å². The molecule has 1 aliphatic rings. The zero-order valence-corrected chi connectivity index (χ0v) is 8.63. The lowest BCUT2D eigenvalue weighted by Crippen LogP contribution is -2.51. The smallest absolute Gasteiger partial charge is 0.168 e. The molecule has 15 heavy (non-hydrogen) atoms. The third-order valence-electron chi connectivity index (χ3n) is 2.85. The van der Waals surface area contributed by atoms with E-state index in [1.54, 1.807) is 12.3 Å². The van der Waals surface area contributed by atoms with Crippen molar-refractivity contribution in [3.63, 3.8) is 0 Å².